The molecule has 1 aromatic heterocycles. The molecule has 3 nitrogen and oxygen atoms in total. The van der Waals surface area contributed by atoms with Gasteiger partial charge in [-0.1, -0.05) is 11.8 Å². The van der Waals surface area contributed by atoms with Gasteiger partial charge >= 0.3 is 0 Å². The van der Waals surface area contributed by atoms with Gasteiger partial charge in [-0.05, 0) is 18.2 Å². The number of aromatic nitrogens is 2. The molecule has 0 amide bonds. The molecule has 0 N–H and O–H groups in total. The second-order valence-electron chi connectivity index (χ2n) is 3.38. The molecule has 0 fully saturated rings. The van der Waals surface area contributed by atoms with Crippen LogP contribution in [0.5, 0.6) is 0 Å². The number of Topliss-reactive ketones (excluding diaryl/α,β-unsaturated/α-hetero) is 1. The quantitative estimate of drug-likeness (QED) is 0.630. The molecule has 0 unspecified atom stereocenters. The third-order valence-electron chi connectivity index (χ3n) is 2.13. The Balaban J connectivity index is 2.02. The molecule has 18 heavy (non-hydrogen) atoms. The first kappa shape index (κ1) is 12.6. The van der Waals surface area contributed by atoms with Gasteiger partial charge in [0.05, 0.1) is 11.9 Å². The van der Waals surface area contributed by atoms with Crippen LogP contribution >= 0.6 is 11.8 Å². The van der Waals surface area contributed by atoms with Crippen LogP contribution in [0.4, 0.5) is 8.78 Å². The summed E-state index contributed by atoms with van der Waals surface area (Å²) in [6.07, 6.45) is 4.58. The van der Waals surface area contributed by atoms with Crippen molar-refractivity contribution in [3.05, 3.63) is 54.0 Å². The molecule has 2 rings (SSSR count). The summed E-state index contributed by atoms with van der Waals surface area (Å²) in [6, 6.07) is 3.10. The minimum atomic E-state index is -1.02. The fourth-order valence-corrected chi connectivity index (χ4v) is 1.97. The molecule has 0 aliphatic rings. The van der Waals surface area contributed by atoms with Crippen LogP contribution in [0, 0.1) is 11.6 Å². The Kier molecular flexibility index (Phi) is 3.99. The number of hydrogen-bond acceptors (Lipinski definition) is 4. The average Bonchev–Trinajstić information content (AvgIpc) is 2.40. The molecule has 0 saturated carbocycles. The minimum Gasteiger partial charge on any atom is -0.293 e. The normalized spacial score (nSPS) is 10.3. The van der Waals surface area contributed by atoms with Crippen molar-refractivity contribution in [3.8, 4) is 0 Å². The first-order chi connectivity index (χ1) is 8.66. The van der Waals surface area contributed by atoms with Crippen molar-refractivity contribution in [3.63, 3.8) is 0 Å². The highest BCUT2D eigenvalue weighted by Crippen LogP contribution is 2.16. The monoisotopic (exact) mass is 266 g/mol. The lowest BCUT2D eigenvalue weighted by Crippen LogP contribution is -2.03. The zero-order chi connectivity index (χ0) is 13.0. The molecule has 0 atom stereocenters. The van der Waals surface area contributed by atoms with Crippen LogP contribution in [-0.4, -0.2) is 21.5 Å². The number of hydrogen-bond donors (Lipinski definition) is 0. The number of benzene rings is 1. The molecule has 0 spiro atoms. The van der Waals surface area contributed by atoms with Gasteiger partial charge in [0.1, 0.15) is 5.03 Å². The van der Waals surface area contributed by atoms with Crippen LogP contribution in [0.3, 0.4) is 0 Å². The molecular formula is C12H8F2N2OS. The summed E-state index contributed by atoms with van der Waals surface area (Å²) < 4.78 is 25.6. The molecule has 6 heteroatoms. The lowest BCUT2D eigenvalue weighted by atomic mass is 10.1. The Bertz CT molecular complexity index is 563. The lowest BCUT2D eigenvalue weighted by Gasteiger charge is -2.01. The van der Waals surface area contributed by atoms with Crippen molar-refractivity contribution in [2.24, 2.45) is 0 Å². The predicted molar refractivity (Wildman–Crippen MR) is 63.4 cm³/mol. The van der Waals surface area contributed by atoms with E-state index in [4.69, 9.17) is 0 Å². The van der Waals surface area contributed by atoms with Crippen molar-refractivity contribution < 1.29 is 13.6 Å². The number of carbonyl (C=O) groups excluding carboxylic acids is 1. The fraction of sp³-hybridized carbons (Fsp3) is 0.0833. The van der Waals surface area contributed by atoms with Crippen molar-refractivity contribution >= 4 is 17.5 Å². The van der Waals surface area contributed by atoms with Gasteiger partial charge in [0.15, 0.2) is 17.4 Å². The fourth-order valence-electron chi connectivity index (χ4n) is 1.25. The second kappa shape index (κ2) is 5.68. The Morgan fingerprint density at radius 2 is 2.06 bits per heavy atom. The van der Waals surface area contributed by atoms with E-state index in [9.17, 15) is 13.6 Å². The Labute approximate surface area is 106 Å². The summed E-state index contributed by atoms with van der Waals surface area (Å²) in [5.74, 6) is -2.17. The van der Waals surface area contributed by atoms with Gasteiger partial charge in [-0.2, -0.15) is 0 Å². The van der Waals surface area contributed by atoms with Gasteiger partial charge in [-0.25, -0.2) is 13.8 Å². The number of carbonyl (C=O) groups is 1. The van der Waals surface area contributed by atoms with Gasteiger partial charge in [0.2, 0.25) is 0 Å². The largest absolute Gasteiger partial charge is 0.293 e. The average molecular weight is 266 g/mol. The number of thioether (sulfide) groups is 1. The molecule has 0 radical (unpaired) electrons. The van der Waals surface area contributed by atoms with E-state index in [1.54, 1.807) is 0 Å². The van der Waals surface area contributed by atoms with Crippen LogP contribution in [0.15, 0.2) is 41.8 Å². The number of halogens is 2. The maximum atomic E-state index is 12.9. The van der Waals surface area contributed by atoms with Crippen molar-refractivity contribution in [2.45, 2.75) is 5.03 Å². The molecule has 0 bridgehead atoms. The molecule has 1 heterocycles. The van der Waals surface area contributed by atoms with E-state index in [-0.39, 0.29) is 17.1 Å². The van der Waals surface area contributed by atoms with E-state index < -0.39 is 11.6 Å². The lowest BCUT2D eigenvalue weighted by molar-refractivity contribution is 0.102. The summed E-state index contributed by atoms with van der Waals surface area (Å²) in [7, 11) is 0. The van der Waals surface area contributed by atoms with E-state index in [1.165, 1.54) is 36.4 Å². The zero-order valence-electron chi connectivity index (χ0n) is 9.14. The molecule has 0 saturated heterocycles. The van der Waals surface area contributed by atoms with Gasteiger partial charge in [0.25, 0.3) is 0 Å². The number of rotatable bonds is 4. The standard InChI is InChI=1S/C12H8F2N2OS/c13-9-2-1-8(5-10(9)14)11(17)7-18-12-6-15-3-4-16-12/h1-6H,7H2. The Morgan fingerprint density at radius 3 is 2.72 bits per heavy atom. The summed E-state index contributed by atoms with van der Waals surface area (Å²) in [4.78, 5) is 19.6. The first-order valence-corrected chi connectivity index (χ1v) is 6.02. The van der Waals surface area contributed by atoms with Crippen LogP contribution in [0.2, 0.25) is 0 Å². The SMILES string of the molecule is O=C(CSc1cnccn1)c1ccc(F)c(F)c1. The van der Waals surface area contributed by atoms with E-state index in [0.29, 0.717) is 5.03 Å². The summed E-state index contributed by atoms with van der Waals surface area (Å²) in [6.45, 7) is 0. The van der Waals surface area contributed by atoms with Crippen molar-refractivity contribution in [2.75, 3.05) is 5.75 Å². The highest BCUT2D eigenvalue weighted by atomic mass is 32.2. The maximum Gasteiger partial charge on any atom is 0.173 e. The third-order valence-corrected chi connectivity index (χ3v) is 3.05. The zero-order valence-corrected chi connectivity index (χ0v) is 9.95. The second-order valence-corrected chi connectivity index (χ2v) is 4.38. The summed E-state index contributed by atoms with van der Waals surface area (Å²) >= 11 is 1.19. The molecular weight excluding hydrogens is 258 g/mol. The molecule has 0 aliphatic heterocycles. The van der Waals surface area contributed by atoms with Crippen LogP contribution in [0.25, 0.3) is 0 Å². The van der Waals surface area contributed by atoms with Gasteiger partial charge in [0, 0.05) is 18.0 Å². The first-order valence-electron chi connectivity index (χ1n) is 5.04. The summed E-state index contributed by atoms with van der Waals surface area (Å²) in [5.41, 5.74) is 0.144. The number of nitrogens with zero attached hydrogens (tertiary/aromatic N) is 2. The molecule has 0 aliphatic carbocycles. The highest BCUT2D eigenvalue weighted by Gasteiger charge is 2.10. The summed E-state index contributed by atoms with van der Waals surface area (Å²) in [5, 5.41) is 0.605. The van der Waals surface area contributed by atoms with Crippen molar-refractivity contribution in [1.29, 1.82) is 0 Å². The topological polar surface area (TPSA) is 42.9 Å². The van der Waals surface area contributed by atoms with Gasteiger partial charge in [-0.3, -0.25) is 9.78 Å². The van der Waals surface area contributed by atoms with Gasteiger partial charge < -0.3 is 0 Å². The van der Waals surface area contributed by atoms with E-state index >= 15 is 0 Å². The molecule has 2 aromatic rings. The molecule has 92 valence electrons. The van der Waals surface area contributed by atoms with E-state index in [1.807, 2.05) is 0 Å². The Hall–Kier alpha value is -1.82. The van der Waals surface area contributed by atoms with Crippen LogP contribution in [-0.2, 0) is 0 Å². The molecule has 1 aromatic carbocycles. The third kappa shape index (κ3) is 3.10. The predicted octanol–water partition coefficient (Wildman–Crippen LogP) is 2.73. The minimum absolute atomic E-state index is 0.101. The van der Waals surface area contributed by atoms with E-state index in [0.717, 1.165) is 12.1 Å². The van der Waals surface area contributed by atoms with Crippen LogP contribution in [0.1, 0.15) is 10.4 Å². The Morgan fingerprint density at radius 1 is 1.22 bits per heavy atom. The van der Waals surface area contributed by atoms with Crippen molar-refractivity contribution in [1.82, 2.24) is 9.97 Å². The smallest absolute Gasteiger partial charge is 0.173 e. The highest BCUT2D eigenvalue weighted by molar-refractivity contribution is 7.99. The van der Waals surface area contributed by atoms with E-state index in [2.05, 4.69) is 9.97 Å². The maximum absolute atomic E-state index is 12.9. The van der Waals surface area contributed by atoms with Crippen LogP contribution < -0.4 is 0 Å². The van der Waals surface area contributed by atoms with Gasteiger partial charge in [-0.15, -0.1) is 0 Å². The number of ketones is 1.